The number of anilines is 1. The molecule has 0 fully saturated rings. The third-order valence-electron chi connectivity index (χ3n) is 2.19. The van der Waals surface area contributed by atoms with Gasteiger partial charge in [-0.15, -0.1) is 5.10 Å². The largest absolute Gasteiger partial charge is 0.308 e. The number of amides is 1. The second kappa shape index (κ2) is 4.95. The topological polar surface area (TPSA) is 116 Å². The molecule has 0 spiro atoms. The predicted octanol–water partition coefficient (Wildman–Crippen LogP) is 0.649. The van der Waals surface area contributed by atoms with E-state index < -0.39 is 33.7 Å². The highest BCUT2D eigenvalue weighted by molar-refractivity contribution is 6.03. The number of halogens is 2. The van der Waals surface area contributed by atoms with Crippen LogP contribution in [0.1, 0.15) is 10.4 Å². The number of aromatic nitrogens is 4. The number of hydrogen-bond donors (Lipinski definition) is 1. The van der Waals surface area contributed by atoms with Crippen molar-refractivity contribution in [2.24, 2.45) is 7.05 Å². The Bertz CT molecular complexity index is 701. The standard InChI is InChI=1S/C9H6F2N6O3/c1-16-14-9(13-15-16)12-8(18)5-2-4(10)3-6(7(5)11)17(19)20/h2-3H,1H3,(H,12,14,18). The maximum Gasteiger partial charge on any atom is 0.308 e. The Morgan fingerprint density at radius 2 is 2.15 bits per heavy atom. The van der Waals surface area contributed by atoms with Gasteiger partial charge in [0.1, 0.15) is 5.82 Å². The minimum Gasteiger partial charge on any atom is -0.288 e. The Morgan fingerprint density at radius 3 is 2.70 bits per heavy atom. The van der Waals surface area contributed by atoms with E-state index in [2.05, 4.69) is 15.4 Å². The van der Waals surface area contributed by atoms with Crippen LogP contribution < -0.4 is 5.32 Å². The summed E-state index contributed by atoms with van der Waals surface area (Å²) in [6, 6.07) is 0.917. The number of rotatable bonds is 3. The zero-order valence-corrected chi connectivity index (χ0v) is 9.87. The molecule has 1 N–H and O–H groups in total. The Morgan fingerprint density at radius 1 is 1.45 bits per heavy atom. The lowest BCUT2D eigenvalue weighted by Gasteiger charge is -2.03. The molecule has 2 rings (SSSR count). The molecule has 0 aliphatic carbocycles. The van der Waals surface area contributed by atoms with Crippen molar-refractivity contribution in [3.05, 3.63) is 39.4 Å². The first-order valence-electron chi connectivity index (χ1n) is 5.07. The van der Waals surface area contributed by atoms with Gasteiger partial charge in [-0.25, -0.2) is 4.39 Å². The fourth-order valence-corrected chi connectivity index (χ4v) is 1.38. The summed E-state index contributed by atoms with van der Waals surface area (Å²) in [6.45, 7) is 0. The number of nitro groups is 1. The molecule has 9 nitrogen and oxygen atoms in total. The zero-order valence-electron chi connectivity index (χ0n) is 9.87. The van der Waals surface area contributed by atoms with Crippen LogP contribution in [0.15, 0.2) is 12.1 Å². The van der Waals surface area contributed by atoms with Gasteiger partial charge in [-0.3, -0.25) is 20.2 Å². The fraction of sp³-hybridized carbons (Fsp3) is 0.111. The molecule has 104 valence electrons. The SMILES string of the molecule is Cn1nnc(NC(=O)c2cc(F)cc([N+](=O)[O-])c2F)n1. The highest BCUT2D eigenvalue weighted by atomic mass is 19.1. The van der Waals surface area contributed by atoms with E-state index in [1.807, 2.05) is 5.32 Å². The van der Waals surface area contributed by atoms with Gasteiger partial charge in [0.05, 0.1) is 23.6 Å². The molecule has 2 aromatic rings. The summed E-state index contributed by atoms with van der Waals surface area (Å²) in [6.07, 6.45) is 0. The van der Waals surface area contributed by atoms with E-state index in [9.17, 15) is 23.7 Å². The quantitative estimate of drug-likeness (QED) is 0.653. The van der Waals surface area contributed by atoms with Crippen molar-refractivity contribution in [1.82, 2.24) is 20.2 Å². The highest BCUT2D eigenvalue weighted by Gasteiger charge is 2.24. The van der Waals surface area contributed by atoms with Crippen molar-refractivity contribution in [3.63, 3.8) is 0 Å². The predicted molar refractivity (Wildman–Crippen MR) is 59.8 cm³/mol. The van der Waals surface area contributed by atoms with E-state index in [0.717, 1.165) is 4.80 Å². The second-order valence-electron chi connectivity index (χ2n) is 3.60. The van der Waals surface area contributed by atoms with Gasteiger partial charge >= 0.3 is 5.69 Å². The van der Waals surface area contributed by atoms with Crippen LogP contribution in [0.5, 0.6) is 0 Å². The maximum atomic E-state index is 13.7. The van der Waals surface area contributed by atoms with Crippen LogP contribution in [0, 0.1) is 21.7 Å². The molecule has 1 aromatic heterocycles. The molecule has 0 saturated heterocycles. The molecule has 0 radical (unpaired) electrons. The Hall–Kier alpha value is -2.98. The molecule has 11 heteroatoms. The average molecular weight is 284 g/mol. The molecule has 0 saturated carbocycles. The van der Waals surface area contributed by atoms with Crippen LogP contribution in [0.2, 0.25) is 0 Å². The summed E-state index contributed by atoms with van der Waals surface area (Å²) < 4.78 is 26.9. The lowest BCUT2D eigenvalue weighted by Crippen LogP contribution is -2.16. The fourth-order valence-electron chi connectivity index (χ4n) is 1.38. The van der Waals surface area contributed by atoms with Gasteiger partial charge in [-0.05, 0) is 11.3 Å². The minimum atomic E-state index is -1.45. The molecule has 1 heterocycles. The van der Waals surface area contributed by atoms with Crippen molar-refractivity contribution in [2.45, 2.75) is 0 Å². The van der Waals surface area contributed by atoms with Gasteiger partial charge in [0.15, 0.2) is 0 Å². The summed E-state index contributed by atoms with van der Waals surface area (Å²) in [7, 11) is 1.43. The van der Waals surface area contributed by atoms with E-state index >= 15 is 0 Å². The smallest absolute Gasteiger partial charge is 0.288 e. The monoisotopic (exact) mass is 284 g/mol. The molecule has 1 amide bonds. The van der Waals surface area contributed by atoms with Crippen LogP contribution in [0.25, 0.3) is 0 Å². The van der Waals surface area contributed by atoms with Crippen LogP contribution in [-0.2, 0) is 7.05 Å². The first-order chi connectivity index (χ1) is 9.38. The molecule has 1 aromatic carbocycles. The first kappa shape index (κ1) is 13.5. The summed E-state index contributed by atoms with van der Waals surface area (Å²) in [5, 5.41) is 23.0. The van der Waals surface area contributed by atoms with E-state index in [1.165, 1.54) is 7.05 Å². The summed E-state index contributed by atoms with van der Waals surface area (Å²) in [4.78, 5) is 22.2. The highest BCUT2D eigenvalue weighted by Crippen LogP contribution is 2.22. The van der Waals surface area contributed by atoms with Crippen LogP contribution in [0.3, 0.4) is 0 Å². The number of nitrogens with zero attached hydrogens (tertiary/aromatic N) is 5. The molecule has 0 bridgehead atoms. The van der Waals surface area contributed by atoms with E-state index in [-0.39, 0.29) is 5.95 Å². The number of aryl methyl sites for hydroxylation is 1. The van der Waals surface area contributed by atoms with Gasteiger partial charge in [-0.2, -0.15) is 9.19 Å². The van der Waals surface area contributed by atoms with Gasteiger partial charge in [-0.1, -0.05) is 5.10 Å². The average Bonchev–Trinajstić information content (AvgIpc) is 2.76. The molecular weight excluding hydrogens is 278 g/mol. The van der Waals surface area contributed by atoms with Crippen molar-refractivity contribution < 1.29 is 18.5 Å². The zero-order chi connectivity index (χ0) is 14.9. The van der Waals surface area contributed by atoms with Crippen molar-refractivity contribution in [2.75, 3.05) is 5.32 Å². The number of nitro benzene ring substituents is 1. The summed E-state index contributed by atoms with van der Waals surface area (Å²) >= 11 is 0. The van der Waals surface area contributed by atoms with Gasteiger partial charge in [0, 0.05) is 0 Å². The number of carbonyl (C=O) groups is 1. The minimum absolute atomic E-state index is 0.246. The lowest BCUT2D eigenvalue weighted by molar-refractivity contribution is -0.387. The number of tetrazole rings is 1. The van der Waals surface area contributed by atoms with Crippen molar-refractivity contribution >= 4 is 17.5 Å². The van der Waals surface area contributed by atoms with Gasteiger partial charge in [0.25, 0.3) is 11.9 Å². The number of carbonyl (C=O) groups excluding carboxylic acids is 1. The Balaban J connectivity index is 2.37. The summed E-state index contributed by atoms with van der Waals surface area (Å²) in [5.41, 5.74) is -1.97. The van der Waals surface area contributed by atoms with Crippen molar-refractivity contribution in [1.29, 1.82) is 0 Å². The first-order valence-corrected chi connectivity index (χ1v) is 5.07. The Labute approximate surface area is 109 Å². The molecule has 20 heavy (non-hydrogen) atoms. The number of hydrogen-bond acceptors (Lipinski definition) is 6. The second-order valence-corrected chi connectivity index (χ2v) is 3.60. The van der Waals surface area contributed by atoms with Gasteiger partial charge < -0.3 is 0 Å². The maximum absolute atomic E-state index is 13.7. The van der Waals surface area contributed by atoms with Gasteiger partial charge in [0.2, 0.25) is 5.82 Å². The van der Waals surface area contributed by atoms with Crippen molar-refractivity contribution in [3.8, 4) is 0 Å². The van der Waals surface area contributed by atoms with E-state index in [4.69, 9.17) is 0 Å². The molecule has 0 aliphatic rings. The molecular formula is C9H6F2N6O3. The van der Waals surface area contributed by atoms with E-state index in [1.54, 1.807) is 0 Å². The lowest BCUT2D eigenvalue weighted by atomic mass is 10.1. The third kappa shape index (κ3) is 2.55. The Kier molecular flexibility index (Phi) is 3.33. The summed E-state index contributed by atoms with van der Waals surface area (Å²) in [5.74, 6) is -3.94. The number of benzene rings is 1. The number of nitrogens with one attached hydrogen (secondary N) is 1. The van der Waals surface area contributed by atoms with Crippen LogP contribution in [-0.4, -0.2) is 31.0 Å². The third-order valence-corrected chi connectivity index (χ3v) is 2.19. The van der Waals surface area contributed by atoms with Crippen LogP contribution in [0.4, 0.5) is 20.4 Å². The van der Waals surface area contributed by atoms with E-state index in [0.29, 0.717) is 12.1 Å². The normalized spacial score (nSPS) is 10.3. The van der Waals surface area contributed by atoms with Crippen LogP contribution >= 0.6 is 0 Å². The molecule has 0 atom stereocenters. The molecule has 0 aliphatic heterocycles. The molecule has 0 unspecified atom stereocenters.